The fourth-order valence-corrected chi connectivity index (χ4v) is 2.53. The standard InChI is InChI=1S/C20H38/c1-4-6-8-10-12-14-16-18-20(3)19-17-15-13-11-9-7-5-2/h20H,4-14,16,18-19H2,1-3H3. The summed E-state index contributed by atoms with van der Waals surface area (Å²) in [5, 5.41) is 0. The van der Waals surface area contributed by atoms with Gasteiger partial charge in [0.25, 0.3) is 0 Å². The highest BCUT2D eigenvalue weighted by Crippen LogP contribution is 2.14. The van der Waals surface area contributed by atoms with Crippen LogP contribution in [0, 0.1) is 17.8 Å². The van der Waals surface area contributed by atoms with Gasteiger partial charge in [-0.05, 0) is 18.8 Å². The van der Waals surface area contributed by atoms with Crippen molar-refractivity contribution in [3.63, 3.8) is 0 Å². The molecule has 20 heavy (non-hydrogen) atoms. The Hall–Kier alpha value is -0.440. The molecule has 0 heterocycles. The number of unbranched alkanes of at least 4 members (excludes halogenated alkanes) is 10. The number of hydrogen-bond acceptors (Lipinski definition) is 0. The quantitative estimate of drug-likeness (QED) is 0.248. The minimum absolute atomic E-state index is 0.800. The molecule has 0 nitrogen and oxygen atoms in total. The lowest BCUT2D eigenvalue weighted by atomic mass is 9.99. The molecular formula is C20H38. The van der Waals surface area contributed by atoms with E-state index in [4.69, 9.17) is 0 Å². The first-order valence-electron chi connectivity index (χ1n) is 9.27. The van der Waals surface area contributed by atoms with Gasteiger partial charge < -0.3 is 0 Å². The second-order valence-electron chi connectivity index (χ2n) is 6.38. The Bertz CT molecular complexity index is 230. The Labute approximate surface area is 129 Å². The molecule has 0 aromatic heterocycles. The average Bonchev–Trinajstić information content (AvgIpc) is 2.45. The lowest BCUT2D eigenvalue weighted by Crippen LogP contribution is -1.93. The number of rotatable bonds is 13. The van der Waals surface area contributed by atoms with Crippen molar-refractivity contribution in [2.45, 2.75) is 111 Å². The first-order chi connectivity index (χ1) is 9.81. The van der Waals surface area contributed by atoms with Crippen molar-refractivity contribution in [1.82, 2.24) is 0 Å². The van der Waals surface area contributed by atoms with Crippen LogP contribution in [0.3, 0.4) is 0 Å². The maximum absolute atomic E-state index is 3.38. The summed E-state index contributed by atoms with van der Waals surface area (Å²) in [5.41, 5.74) is 0. The van der Waals surface area contributed by atoms with Gasteiger partial charge in [-0.3, -0.25) is 0 Å². The molecule has 0 aromatic rings. The topological polar surface area (TPSA) is 0 Å². The van der Waals surface area contributed by atoms with Gasteiger partial charge in [-0.2, -0.15) is 0 Å². The van der Waals surface area contributed by atoms with E-state index in [1.165, 1.54) is 77.0 Å². The zero-order valence-electron chi connectivity index (χ0n) is 14.5. The van der Waals surface area contributed by atoms with E-state index in [1.807, 2.05) is 0 Å². The Kier molecular flexibility index (Phi) is 16.2. The molecule has 0 aliphatic rings. The van der Waals surface area contributed by atoms with E-state index in [2.05, 4.69) is 32.6 Å². The van der Waals surface area contributed by atoms with E-state index in [1.54, 1.807) is 0 Å². The summed E-state index contributed by atoms with van der Waals surface area (Å²) in [6.45, 7) is 6.91. The Morgan fingerprint density at radius 3 is 1.85 bits per heavy atom. The molecule has 0 fully saturated rings. The predicted octanol–water partition coefficient (Wildman–Crippen LogP) is 7.13. The van der Waals surface area contributed by atoms with E-state index >= 15 is 0 Å². The van der Waals surface area contributed by atoms with E-state index in [0.717, 1.165) is 18.8 Å². The average molecular weight is 279 g/mol. The van der Waals surface area contributed by atoms with Crippen molar-refractivity contribution in [2.75, 3.05) is 0 Å². The molecule has 118 valence electrons. The molecule has 0 rings (SSSR count). The van der Waals surface area contributed by atoms with Crippen molar-refractivity contribution >= 4 is 0 Å². The monoisotopic (exact) mass is 278 g/mol. The van der Waals surface area contributed by atoms with Crippen molar-refractivity contribution < 1.29 is 0 Å². The fraction of sp³-hybridized carbons (Fsp3) is 0.900. The fourth-order valence-electron chi connectivity index (χ4n) is 2.53. The van der Waals surface area contributed by atoms with Crippen LogP contribution in [0.2, 0.25) is 0 Å². The third-order valence-electron chi connectivity index (χ3n) is 4.03. The van der Waals surface area contributed by atoms with Crippen molar-refractivity contribution in [2.24, 2.45) is 5.92 Å². The van der Waals surface area contributed by atoms with Gasteiger partial charge in [-0.25, -0.2) is 0 Å². The summed E-state index contributed by atoms with van der Waals surface area (Å²) in [7, 11) is 0. The van der Waals surface area contributed by atoms with Crippen molar-refractivity contribution in [3.8, 4) is 11.8 Å². The van der Waals surface area contributed by atoms with Crippen LogP contribution < -0.4 is 0 Å². The molecule has 0 saturated carbocycles. The molecule has 0 radical (unpaired) electrons. The summed E-state index contributed by atoms with van der Waals surface area (Å²) in [6.07, 6.45) is 18.9. The predicted molar refractivity (Wildman–Crippen MR) is 92.9 cm³/mol. The van der Waals surface area contributed by atoms with Gasteiger partial charge >= 0.3 is 0 Å². The normalized spacial score (nSPS) is 11.9. The first-order valence-corrected chi connectivity index (χ1v) is 9.27. The minimum atomic E-state index is 0.800. The Morgan fingerprint density at radius 1 is 0.650 bits per heavy atom. The van der Waals surface area contributed by atoms with E-state index in [0.29, 0.717) is 0 Å². The van der Waals surface area contributed by atoms with Crippen LogP contribution in [0.5, 0.6) is 0 Å². The highest BCUT2D eigenvalue weighted by Gasteiger charge is 1.99. The maximum atomic E-state index is 3.38. The summed E-state index contributed by atoms with van der Waals surface area (Å²) >= 11 is 0. The molecule has 0 heteroatoms. The summed E-state index contributed by atoms with van der Waals surface area (Å²) in [5.74, 6) is 7.53. The van der Waals surface area contributed by atoms with Crippen LogP contribution in [0.25, 0.3) is 0 Å². The van der Waals surface area contributed by atoms with Crippen LogP contribution in [0.4, 0.5) is 0 Å². The highest BCUT2D eigenvalue weighted by atomic mass is 14.0. The van der Waals surface area contributed by atoms with Crippen molar-refractivity contribution in [1.29, 1.82) is 0 Å². The van der Waals surface area contributed by atoms with Crippen molar-refractivity contribution in [3.05, 3.63) is 0 Å². The highest BCUT2D eigenvalue weighted by molar-refractivity contribution is 4.99. The zero-order valence-corrected chi connectivity index (χ0v) is 14.5. The van der Waals surface area contributed by atoms with Crippen LogP contribution in [0.1, 0.15) is 111 Å². The summed E-state index contributed by atoms with van der Waals surface area (Å²) in [6, 6.07) is 0. The van der Waals surface area contributed by atoms with Gasteiger partial charge in [-0.15, -0.1) is 11.8 Å². The second kappa shape index (κ2) is 16.6. The third kappa shape index (κ3) is 15.6. The molecule has 1 atom stereocenters. The molecule has 0 saturated heterocycles. The molecule has 0 aliphatic carbocycles. The largest absolute Gasteiger partial charge is 0.103 e. The van der Waals surface area contributed by atoms with Gasteiger partial charge in [0.2, 0.25) is 0 Å². The zero-order chi connectivity index (χ0) is 14.9. The summed E-state index contributed by atoms with van der Waals surface area (Å²) in [4.78, 5) is 0. The molecule has 0 N–H and O–H groups in total. The smallest absolute Gasteiger partial charge is 0.0114 e. The Morgan fingerprint density at radius 2 is 1.20 bits per heavy atom. The molecule has 0 aromatic carbocycles. The van der Waals surface area contributed by atoms with Crippen LogP contribution >= 0.6 is 0 Å². The first kappa shape index (κ1) is 19.6. The molecule has 1 unspecified atom stereocenters. The Balaban J connectivity index is 3.27. The van der Waals surface area contributed by atoms with Gasteiger partial charge in [0.05, 0.1) is 0 Å². The molecular weight excluding hydrogens is 240 g/mol. The SMILES string of the molecule is CCCCCCC#CCC(C)CCCCCCCCC. The van der Waals surface area contributed by atoms with Crippen LogP contribution in [0.15, 0.2) is 0 Å². The maximum Gasteiger partial charge on any atom is 0.0114 e. The number of hydrogen-bond donors (Lipinski definition) is 0. The van der Waals surface area contributed by atoms with Crippen LogP contribution in [-0.4, -0.2) is 0 Å². The van der Waals surface area contributed by atoms with Gasteiger partial charge in [-0.1, -0.05) is 85.0 Å². The lowest BCUT2D eigenvalue weighted by molar-refractivity contribution is 0.490. The molecule has 0 amide bonds. The lowest BCUT2D eigenvalue weighted by Gasteiger charge is -2.07. The van der Waals surface area contributed by atoms with E-state index < -0.39 is 0 Å². The third-order valence-corrected chi connectivity index (χ3v) is 4.03. The van der Waals surface area contributed by atoms with Gasteiger partial charge in [0, 0.05) is 12.8 Å². The second-order valence-corrected chi connectivity index (χ2v) is 6.38. The molecule has 0 bridgehead atoms. The van der Waals surface area contributed by atoms with E-state index in [-0.39, 0.29) is 0 Å². The minimum Gasteiger partial charge on any atom is -0.103 e. The molecule has 0 spiro atoms. The van der Waals surface area contributed by atoms with Crippen LogP contribution in [-0.2, 0) is 0 Å². The molecule has 0 aliphatic heterocycles. The van der Waals surface area contributed by atoms with Gasteiger partial charge in [0.15, 0.2) is 0 Å². The van der Waals surface area contributed by atoms with E-state index in [9.17, 15) is 0 Å². The summed E-state index contributed by atoms with van der Waals surface area (Å²) < 4.78 is 0. The van der Waals surface area contributed by atoms with Gasteiger partial charge in [0.1, 0.15) is 0 Å².